The van der Waals surface area contributed by atoms with Gasteiger partial charge in [0.05, 0.1) is 25.6 Å². The largest absolute Gasteiger partial charge is 0.500 e. The fraction of sp³-hybridized carbons (Fsp3) is 0.0690. The maximum atomic E-state index is 10.1. The van der Waals surface area contributed by atoms with Crippen molar-refractivity contribution in [1.29, 1.82) is 0 Å². The minimum absolute atomic E-state index is 0. The van der Waals surface area contributed by atoms with Crippen LogP contribution in [0.25, 0.3) is 39.0 Å². The molecule has 193 valence electrons. The van der Waals surface area contributed by atoms with Crippen LogP contribution in [-0.4, -0.2) is 39.8 Å². The number of carbonyl (C=O) groups is 1. The molecule has 0 aliphatic rings. The average molecular weight is 685 g/mol. The molecule has 0 fully saturated rings. The third kappa shape index (κ3) is 5.15. The van der Waals surface area contributed by atoms with E-state index in [1.807, 2.05) is 53.2 Å². The summed E-state index contributed by atoms with van der Waals surface area (Å²) in [6.45, 7) is 0. The predicted octanol–water partition coefficient (Wildman–Crippen LogP) is 6.03. The first-order valence-corrected chi connectivity index (χ1v) is 11.3. The summed E-state index contributed by atoms with van der Waals surface area (Å²) in [7, 11) is 3.29. The minimum atomic E-state index is -0.990. The quantitative estimate of drug-likeness (QED) is 0.222. The molecule has 3 aromatic carbocycles. The van der Waals surface area contributed by atoms with Crippen LogP contribution in [-0.2, 0) is 20.1 Å². The van der Waals surface area contributed by atoms with Crippen LogP contribution in [0.2, 0.25) is 0 Å². The van der Waals surface area contributed by atoms with E-state index in [0.717, 1.165) is 39.0 Å². The molecule has 3 aromatic heterocycles. The Labute approximate surface area is 231 Å². The standard InChI is InChI=1S/C23H17N2O3.C6H5NO2.Ir/c1-26-20-8-5-9-21(27-2)22(20)25-13-12-24-23(25)15-10-11-19-17(14-15)16-6-3-4-7-18(16)28-19;8-6(9)5-3-1-2-4-7-5;/h3-9,11-14H,1-2H3;1-4H,(H,8,9);/q-1;;. The number of hydrogen-bond acceptors (Lipinski definition) is 6. The van der Waals surface area contributed by atoms with Gasteiger partial charge >= 0.3 is 5.97 Å². The van der Waals surface area contributed by atoms with E-state index in [4.69, 9.17) is 19.0 Å². The summed E-state index contributed by atoms with van der Waals surface area (Å²) < 4.78 is 19.0. The molecule has 0 saturated heterocycles. The molecule has 0 aliphatic heterocycles. The van der Waals surface area contributed by atoms with Crippen molar-refractivity contribution in [3.8, 4) is 28.6 Å². The molecule has 0 atom stereocenters. The van der Waals surface area contributed by atoms with Crippen LogP contribution in [0.15, 0.2) is 95.8 Å². The molecule has 9 heteroatoms. The first-order valence-electron chi connectivity index (χ1n) is 11.3. The van der Waals surface area contributed by atoms with Crippen LogP contribution < -0.4 is 9.47 Å². The number of aromatic nitrogens is 3. The fourth-order valence-electron chi connectivity index (χ4n) is 4.04. The van der Waals surface area contributed by atoms with Gasteiger partial charge in [0.2, 0.25) is 0 Å². The Kier molecular flexibility index (Phi) is 8.21. The second kappa shape index (κ2) is 11.7. The van der Waals surface area contributed by atoms with Gasteiger partial charge in [-0.1, -0.05) is 35.7 Å². The summed E-state index contributed by atoms with van der Waals surface area (Å²) in [6.07, 6.45) is 5.09. The Morgan fingerprint density at radius 2 is 1.63 bits per heavy atom. The van der Waals surface area contributed by atoms with E-state index in [2.05, 4.69) is 28.2 Å². The van der Waals surface area contributed by atoms with Gasteiger partial charge in [-0.25, -0.2) is 9.78 Å². The van der Waals surface area contributed by atoms with Gasteiger partial charge < -0.3 is 23.6 Å². The number of furan rings is 1. The van der Waals surface area contributed by atoms with Crippen LogP contribution in [0.5, 0.6) is 11.5 Å². The van der Waals surface area contributed by atoms with E-state index < -0.39 is 5.97 Å². The number of carboxylic acid groups (broad SMARTS) is 1. The van der Waals surface area contributed by atoms with Crippen molar-refractivity contribution in [3.05, 3.63) is 103 Å². The van der Waals surface area contributed by atoms with Gasteiger partial charge in [-0.2, -0.15) is 0 Å². The van der Waals surface area contributed by atoms with Crippen molar-refractivity contribution in [1.82, 2.24) is 14.5 Å². The van der Waals surface area contributed by atoms with Crippen molar-refractivity contribution in [2.75, 3.05) is 14.2 Å². The normalized spacial score (nSPS) is 10.4. The number of pyridine rings is 1. The molecule has 0 spiro atoms. The molecular weight excluding hydrogens is 663 g/mol. The molecule has 0 aliphatic carbocycles. The van der Waals surface area contributed by atoms with E-state index in [0.29, 0.717) is 11.5 Å². The van der Waals surface area contributed by atoms with Crippen molar-refractivity contribution in [2.24, 2.45) is 0 Å². The molecule has 1 radical (unpaired) electrons. The zero-order chi connectivity index (χ0) is 25.8. The Morgan fingerprint density at radius 1 is 0.895 bits per heavy atom. The Hall–Kier alpha value is -4.46. The predicted molar refractivity (Wildman–Crippen MR) is 139 cm³/mol. The summed E-state index contributed by atoms with van der Waals surface area (Å²) in [5, 5.41) is 10.4. The van der Waals surface area contributed by atoms with E-state index in [9.17, 15) is 4.79 Å². The van der Waals surface area contributed by atoms with Crippen molar-refractivity contribution in [3.63, 3.8) is 0 Å². The summed E-state index contributed by atoms with van der Waals surface area (Å²) >= 11 is 0. The Bertz CT molecular complexity index is 1670. The van der Waals surface area contributed by atoms with Crippen molar-refractivity contribution >= 4 is 27.9 Å². The zero-order valence-corrected chi connectivity index (χ0v) is 22.8. The molecule has 0 amide bonds. The smallest absolute Gasteiger partial charge is 0.354 e. The number of rotatable bonds is 5. The van der Waals surface area contributed by atoms with Gasteiger partial charge in [-0.3, -0.25) is 4.98 Å². The van der Waals surface area contributed by atoms with Crippen LogP contribution in [0.1, 0.15) is 10.5 Å². The second-order valence-electron chi connectivity index (χ2n) is 7.87. The van der Waals surface area contributed by atoms with Gasteiger partial charge in [-0.05, 0) is 30.3 Å². The number of aromatic carboxylic acids is 1. The molecule has 8 nitrogen and oxygen atoms in total. The Morgan fingerprint density at radius 3 is 2.29 bits per heavy atom. The van der Waals surface area contributed by atoms with E-state index >= 15 is 0 Å². The summed E-state index contributed by atoms with van der Waals surface area (Å²) in [4.78, 5) is 18.3. The third-order valence-corrected chi connectivity index (χ3v) is 5.72. The molecule has 0 unspecified atom stereocenters. The molecule has 38 heavy (non-hydrogen) atoms. The second-order valence-corrected chi connectivity index (χ2v) is 7.87. The van der Waals surface area contributed by atoms with Crippen LogP contribution in [0.3, 0.4) is 0 Å². The van der Waals surface area contributed by atoms with E-state index in [1.165, 1.54) is 12.3 Å². The van der Waals surface area contributed by atoms with Gasteiger partial charge in [0.25, 0.3) is 0 Å². The first-order chi connectivity index (χ1) is 18.1. The maximum Gasteiger partial charge on any atom is 0.354 e. The molecule has 6 aromatic rings. The van der Waals surface area contributed by atoms with E-state index in [-0.39, 0.29) is 25.8 Å². The van der Waals surface area contributed by atoms with Gasteiger partial charge in [0.15, 0.2) is 0 Å². The SMILES string of the molecule is COc1cccc(OC)c1-n1ccnc1-c1[c-]cc2oc3ccccc3c2c1.O=C(O)c1ccccn1.[Ir]. The van der Waals surface area contributed by atoms with Crippen LogP contribution in [0, 0.1) is 6.07 Å². The van der Waals surface area contributed by atoms with Crippen molar-refractivity contribution in [2.45, 2.75) is 0 Å². The molecule has 3 heterocycles. The van der Waals surface area contributed by atoms with Gasteiger partial charge in [-0.15, -0.1) is 23.8 Å². The number of ether oxygens (including phenoxy) is 2. The Balaban J connectivity index is 0.000000288. The number of carboxylic acids is 1. The van der Waals surface area contributed by atoms with Gasteiger partial charge in [0, 0.05) is 44.1 Å². The molecule has 0 bridgehead atoms. The first kappa shape index (κ1) is 26.6. The average Bonchev–Trinajstić information content (AvgIpc) is 3.58. The monoisotopic (exact) mass is 685 g/mol. The summed E-state index contributed by atoms with van der Waals surface area (Å²) in [5.41, 5.74) is 3.40. The topological polar surface area (TPSA) is 99.6 Å². The number of methoxy groups -OCH3 is 2. The summed E-state index contributed by atoms with van der Waals surface area (Å²) in [5.74, 6) is 1.16. The fourth-order valence-corrected chi connectivity index (χ4v) is 4.04. The number of imidazole rings is 1. The number of fused-ring (bicyclic) bond motifs is 3. The minimum Gasteiger partial charge on any atom is -0.500 e. The zero-order valence-electron chi connectivity index (χ0n) is 20.4. The van der Waals surface area contributed by atoms with Crippen molar-refractivity contribution < 1.29 is 43.9 Å². The van der Waals surface area contributed by atoms with Crippen LogP contribution in [0.4, 0.5) is 0 Å². The molecular formula is C29H22IrN3O5-. The number of hydrogen-bond donors (Lipinski definition) is 1. The third-order valence-electron chi connectivity index (χ3n) is 5.72. The molecule has 0 saturated carbocycles. The molecule has 6 rings (SSSR count). The number of nitrogens with zero attached hydrogens (tertiary/aromatic N) is 3. The number of benzene rings is 3. The van der Waals surface area contributed by atoms with E-state index in [1.54, 1.807) is 32.5 Å². The van der Waals surface area contributed by atoms with Gasteiger partial charge in [0.1, 0.15) is 28.5 Å². The van der Waals surface area contributed by atoms with Crippen LogP contribution >= 0.6 is 0 Å². The maximum absolute atomic E-state index is 10.1. The summed E-state index contributed by atoms with van der Waals surface area (Å²) in [6, 6.07) is 25.7. The number of para-hydroxylation sites is 2. The molecule has 1 N–H and O–H groups in total.